The Morgan fingerprint density at radius 3 is 3.11 bits per heavy atom. The maximum Gasteiger partial charge on any atom is 0.167 e. The number of pyridine rings is 1. The van der Waals surface area contributed by atoms with Gasteiger partial charge in [-0.3, -0.25) is 14.7 Å². The van der Waals surface area contributed by atoms with Crippen LogP contribution in [0.3, 0.4) is 0 Å². The predicted molar refractivity (Wildman–Crippen MR) is 73.8 cm³/mol. The number of ether oxygens (including phenoxy) is 1. The Bertz CT molecular complexity index is 448. The molecule has 1 atom stereocenters. The normalized spacial score (nSPS) is 20.7. The summed E-state index contributed by atoms with van der Waals surface area (Å²) in [5.41, 5.74) is 7.22. The average molecular weight is 263 g/mol. The molecule has 104 valence electrons. The molecule has 2 heterocycles. The number of ketones is 1. The van der Waals surface area contributed by atoms with Crippen LogP contribution < -0.4 is 5.73 Å². The molecule has 0 aromatic carbocycles. The number of Topliss-reactive ketones (excluding diaryl/α,β-unsaturated/α-hetero) is 1. The number of hydrogen-bond donors (Lipinski definition) is 1. The number of nitrogens with zero attached hydrogens (tertiary/aromatic N) is 2. The molecule has 2 rings (SSSR count). The largest absolute Gasteiger partial charge is 0.398 e. The Morgan fingerprint density at radius 2 is 2.42 bits per heavy atom. The molecule has 0 spiro atoms. The van der Waals surface area contributed by atoms with Crippen molar-refractivity contribution in [2.45, 2.75) is 32.4 Å². The van der Waals surface area contributed by atoms with Crippen molar-refractivity contribution in [1.29, 1.82) is 0 Å². The van der Waals surface area contributed by atoms with Crippen molar-refractivity contribution >= 4 is 11.5 Å². The lowest BCUT2D eigenvalue weighted by Gasteiger charge is -2.34. The summed E-state index contributed by atoms with van der Waals surface area (Å²) in [6.07, 6.45) is 3.21. The molecule has 0 amide bonds. The summed E-state index contributed by atoms with van der Waals surface area (Å²) in [5.74, 6) is 0.0741. The lowest BCUT2D eigenvalue weighted by Crippen LogP contribution is -2.49. The zero-order valence-electron chi connectivity index (χ0n) is 11.5. The number of morpholine rings is 1. The Hall–Kier alpha value is -1.46. The summed E-state index contributed by atoms with van der Waals surface area (Å²) in [4.78, 5) is 18.5. The van der Waals surface area contributed by atoms with Crippen molar-refractivity contribution in [3.8, 4) is 0 Å². The zero-order chi connectivity index (χ0) is 13.8. The molecule has 5 heteroatoms. The first-order chi connectivity index (χ1) is 9.08. The minimum atomic E-state index is -0.351. The van der Waals surface area contributed by atoms with Crippen LogP contribution in [0.25, 0.3) is 0 Å². The van der Waals surface area contributed by atoms with Gasteiger partial charge in [-0.15, -0.1) is 0 Å². The number of rotatable bonds is 4. The molecule has 0 saturated carbocycles. The van der Waals surface area contributed by atoms with Gasteiger partial charge in [0.1, 0.15) is 6.10 Å². The van der Waals surface area contributed by atoms with Crippen LogP contribution in [0.4, 0.5) is 5.69 Å². The van der Waals surface area contributed by atoms with Crippen molar-refractivity contribution in [2.24, 2.45) is 0 Å². The van der Waals surface area contributed by atoms with Crippen molar-refractivity contribution in [3.05, 3.63) is 24.0 Å². The lowest BCUT2D eigenvalue weighted by molar-refractivity contribution is -0.136. The summed E-state index contributed by atoms with van der Waals surface area (Å²) in [5, 5.41) is 0. The molecular formula is C14H21N3O2. The van der Waals surface area contributed by atoms with Crippen LogP contribution in [0.1, 0.15) is 19.4 Å². The van der Waals surface area contributed by atoms with Gasteiger partial charge in [0.25, 0.3) is 0 Å². The van der Waals surface area contributed by atoms with Crippen LogP contribution in [0.5, 0.6) is 0 Å². The van der Waals surface area contributed by atoms with Gasteiger partial charge in [0.05, 0.1) is 6.61 Å². The van der Waals surface area contributed by atoms with Gasteiger partial charge in [-0.2, -0.15) is 0 Å². The average Bonchev–Trinajstić information content (AvgIpc) is 2.41. The smallest absolute Gasteiger partial charge is 0.167 e. The van der Waals surface area contributed by atoms with E-state index in [2.05, 4.69) is 23.7 Å². The molecule has 1 fully saturated rings. The highest BCUT2D eigenvalue weighted by molar-refractivity contribution is 5.86. The van der Waals surface area contributed by atoms with E-state index in [-0.39, 0.29) is 18.3 Å². The molecule has 1 unspecified atom stereocenters. The quantitative estimate of drug-likeness (QED) is 0.873. The third kappa shape index (κ3) is 3.52. The first-order valence-corrected chi connectivity index (χ1v) is 6.64. The van der Waals surface area contributed by atoms with E-state index < -0.39 is 0 Å². The number of carbonyl (C=O) groups is 1. The van der Waals surface area contributed by atoms with Gasteiger partial charge in [-0.1, -0.05) is 0 Å². The van der Waals surface area contributed by atoms with Crippen LogP contribution in [0.15, 0.2) is 18.5 Å². The molecule has 1 saturated heterocycles. The van der Waals surface area contributed by atoms with E-state index in [0.717, 1.165) is 12.1 Å². The number of anilines is 1. The standard InChI is InChI=1S/C14H21N3O2/c1-10(2)17-5-6-19-14(9-17)13(18)7-11-8-16-4-3-12(11)15/h3-4,8,10,14H,5-7,9H2,1-2H3,(H2,15,16). The number of aromatic nitrogens is 1. The SMILES string of the molecule is CC(C)N1CCOC(C(=O)Cc2cnccc2N)C1. The molecule has 1 aliphatic heterocycles. The lowest BCUT2D eigenvalue weighted by atomic mass is 10.0. The van der Waals surface area contributed by atoms with Gasteiger partial charge in [0, 0.05) is 49.2 Å². The summed E-state index contributed by atoms with van der Waals surface area (Å²) in [6, 6.07) is 2.15. The Balaban J connectivity index is 1.98. The topological polar surface area (TPSA) is 68.5 Å². The molecule has 1 aromatic rings. The number of nitrogen functional groups attached to an aromatic ring is 1. The summed E-state index contributed by atoms with van der Waals surface area (Å²) in [6.45, 7) is 6.42. The Labute approximate surface area is 113 Å². The number of carbonyl (C=O) groups excluding carboxylic acids is 1. The minimum Gasteiger partial charge on any atom is -0.398 e. The summed E-state index contributed by atoms with van der Waals surface area (Å²) in [7, 11) is 0. The fourth-order valence-corrected chi connectivity index (χ4v) is 2.22. The van der Waals surface area contributed by atoms with Crippen LogP contribution >= 0.6 is 0 Å². The Kier molecular flexibility index (Phi) is 4.50. The van der Waals surface area contributed by atoms with Gasteiger partial charge in [0.15, 0.2) is 5.78 Å². The molecule has 0 bridgehead atoms. The van der Waals surface area contributed by atoms with Gasteiger partial charge in [-0.05, 0) is 19.9 Å². The first-order valence-electron chi connectivity index (χ1n) is 6.64. The van der Waals surface area contributed by atoms with E-state index in [0.29, 0.717) is 24.9 Å². The molecule has 0 aliphatic carbocycles. The third-order valence-corrected chi connectivity index (χ3v) is 3.49. The summed E-state index contributed by atoms with van der Waals surface area (Å²) >= 11 is 0. The monoisotopic (exact) mass is 263 g/mol. The predicted octanol–water partition coefficient (Wildman–Crippen LogP) is 0.885. The van der Waals surface area contributed by atoms with E-state index >= 15 is 0 Å². The second-order valence-corrected chi connectivity index (χ2v) is 5.17. The van der Waals surface area contributed by atoms with E-state index in [1.807, 2.05) is 0 Å². The maximum absolute atomic E-state index is 12.3. The highest BCUT2D eigenvalue weighted by Crippen LogP contribution is 2.15. The molecule has 2 N–H and O–H groups in total. The molecule has 1 aliphatic rings. The molecule has 5 nitrogen and oxygen atoms in total. The van der Waals surface area contributed by atoms with Gasteiger partial charge in [-0.25, -0.2) is 0 Å². The Morgan fingerprint density at radius 1 is 1.63 bits per heavy atom. The molecule has 0 radical (unpaired) electrons. The summed E-state index contributed by atoms with van der Waals surface area (Å²) < 4.78 is 5.58. The van der Waals surface area contributed by atoms with E-state index in [1.165, 1.54) is 0 Å². The number of hydrogen-bond acceptors (Lipinski definition) is 5. The van der Waals surface area contributed by atoms with E-state index in [1.54, 1.807) is 18.5 Å². The fourth-order valence-electron chi connectivity index (χ4n) is 2.22. The van der Waals surface area contributed by atoms with Gasteiger partial charge in [0.2, 0.25) is 0 Å². The van der Waals surface area contributed by atoms with Gasteiger partial charge >= 0.3 is 0 Å². The highest BCUT2D eigenvalue weighted by atomic mass is 16.5. The first kappa shape index (κ1) is 14.0. The van der Waals surface area contributed by atoms with Crippen molar-refractivity contribution in [3.63, 3.8) is 0 Å². The molecule has 19 heavy (non-hydrogen) atoms. The van der Waals surface area contributed by atoms with E-state index in [9.17, 15) is 4.79 Å². The fraction of sp³-hybridized carbons (Fsp3) is 0.571. The highest BCUT2D eigenvalue weighted by Gasteiger charge is 2.27. The third-order valence-electron chi connectivity index (χ3n) is 3.49. The molecule has 1 aromatic heterocycles. The van der Waals surface area contributed by atoms with Crippen molar-refractivity contribution < 1.29 is 9.53 Å². The van der Waals surface area contributed by atoms with Gasteiger partial charge < -0.3 is 10.5 Å². The van der Waals surface area contributed by atoms with Crippen LogP contribution in [-0.2, 0) is 16.0 Å². The van der Waals surface area contributed by atoms with Crippen molar-refractivity contribution in [1.82, 2.24) is 9.88 Å². The zero-order valence-corrected chi connectivity index (χ0v) is 11.5. The maximum atomic E-state index is 12.3. The van der Waals surface area contributed by atoms with Crippen LogP contribution in [0, 0.1) is 0 Å². The van der Waals surface area contributed by atoms with Crippen molar-refractivity contribution in [2.75, 3.05) is 25.4 Å². The molecular weight excluding hydrogens is 242 g/mol. The number of nitrogens with two attached hydrogens (primary N) is 1. The van der Waals surface area contributed by atoms with E-state index in [4.69, 9.17) is 10.5 Å². The second kappa shape index (κ2) is 6.12. The van der Waals surface area contributed by atoms with Crippen LogP contribution in [0.2, 0.25) is 0 Å². The van der Waals surface area contributed by atoms with Crippen LogP contribution in [-0.4, -0.2) is 47.5 Å². The minimum absolute atomic E-state index is 0.0741. The second-order valence-electron chi connectivity index (χ2n) is 5.17.